The van der Waals surface area contributed by atoms with Crippen molar-refractivity contribution in [1.29, 1.82) is 5.26 Å². The van der Waals surface area contributed by atoms with E-state index >= 15 is 0 Å². The maximum Gasteiger partial charge on any atom is 0.435 e. The number of anilines is 1. The third-order valence-electron chi connectivity index (χ3n) is 5.09. The van der Waals surface area contributed by atoms with Crippen LogP contribution in [-0.2, 0) is 10.5 Å². The number of primary amides is 1. The normalized spacial score (nSPS) is 13.0. The molecule has 1 unspecified atom stereocenters. The number of amides is 3. The van der Waals surface area contributed by atoms with Crippen molar-refractivity contribution in [2.45, 2.75) is 31.9 Å². The average Bonchev–Trinajstić information content (AvgIpc) is 2.76. The molecular formula is C22H15ClF7N3O3. The van der Waals surface area contributed by atoms with Crippen molar-refractivity contribution in [2.24, 2.45) is 11.7 Å². The second kappa shape index (κ2) is 9.77. The molecule has 0 aromatic heterocycles. The number of carbonyl (C=O) groups is 3. The van der Waals surface area contributed by atoms with Crippen LogP contribution < -0.4 is 10.6 Å². The molecule has 1 atom stereocenters. The van der Waals surface area contributed by atoms with Crippen LogP contribution in [0, 0.1) is 24.2 Å². The van der Waals surface area contributed by atoms with Gasteiger partial charge in [0.1, 0.15) is 5.92 Å². The topological polar surface area (TPSA) is 104 Å². The van der Waals surface area contributed by atoms with E-state index in [4.69, 9.17) is 22.6 Å². The van der Waals surface area contributed by atoms with E-state index in [-0.39, 0.29) is 22.1 Å². The molecule has 0 bridgehead atoms. The first-order chi connectivity index (χ1) is 16.4. The summed E-state index contributed by atoms with van der Waals surface area (Å²) in [5, 5.41) is 8.84. The number of benzene rings is 2. The van der Waals surface area contributed by atoms with Crippen LogP contribution in [0.2, 0.25) is 5.02 Å². The number of rotatable bonds is 5. The fourth-order valence-electron chi connectivity index (χ4n) is 3.26. The minimum atomic E-state index is -6.39. The van der Waals surface area contributed by atoms with Crippen molar-refractivity contribution in [2.75, 3.05) is 4.90 Å². The smallest absolute Gasteiger partial charge is 0.366 e. The Kier molecular flexibility index (Phi) is 7.76. The predicted molar refractivity (Wildman–Crippen MR) is 113 cm³/mol. The van der Waals surface area contributed by atoms with Gasteiger partial charge < -0.3 is 5.73 Å². The highest BCUT2D eigenvalue weighted by molar-refractivity contribution is 6.35. The number of hydrogen-bond acceptors (Lipinski definition) is 4. The van der Waals surface area contributed by atoms with Crippen LogP contribution in [0.3, 0.4) is 0 Å². The summed E-state index contributed by atoms with van der Waals surface area (Å²) in [5.74, 6) is -5.27. The Morgan fingerprint density at radius 3 is 2.03 bits per heavy atom. The molecule has 6 nitrogen and oxygen atoms in total. The van der Waals surface area contributed by atoms with Gasteiger partial charge >= 0.3 is 18.0 Å². The number of hydrogen-bond donors (Lipinski definition) is 1. The number of carbonyl (C=O) groups excluding carboxylic acids is 3. The molecule has 0 heterocycles. The molecule has 3 amide bonds. The molecule has 0 aliphatic carbocycles. The third-order valence-corrected chi connectivity index (χ3v) is 5.41. The third kappa shape index (κ3) is 4.86. The van der Waals surface area contributed by atoms with E-state index in [0.29, 0.717) is 6.07 Å². The minimum absolute atomic E-state index is 0.112. The maximum absolute atomic E-state index is 14.5. The zero-order valence-electron chi connectivity index (χ0n) is 18.3. The summed E-state index contributed by atoms with van der Waals surface area (Å²) >= 11 is 5.91. The van der Waals surface area contributed by atoms with Crippen LogP contribution in [0.25, 0.3) is 0 Å². The molecule has 2 aromatic rings. The van der Waals surface area contributed by atoms with E-state index in [1.807, 2.05) is 0 Å². The molecular weight excluding hydrogens is 523 g/mol. The molecule has 0 aliphatic heterocycles. The van der Waals surface area contributed by atoms with Crippen molar-refractivity contribution in [3.63, 3.8) is 0 Å². The second-order valence-electron chi connectivity index (χ2n) is 7.51. The quantitative estimate of drug-likeness (QED) is 0.518. The molecule has 36 heavy (non-hydrogen) atoms. The molecule has 14 heteroatoms. The van der Waals surface area contributed by atoms with Crippen LogP contribution in [-0.4, -0.2) is 30.1 Å². The SMILES string of the molecule is Cc1cc(C(F)(C(F)(F)F)C(F)(F)F)ccc1N(C(=O)c1cccc(Cl)c1C(N)=O)C(=O)C(C)C#N. The summed E-state index contributed by atoms with van der Waals surface area (Å²) in [6.45, 7) is 1.99. The van der Waals surface area contributed by atoms with Gasteiger partial charge in [-0.2, -0.15) is 31.6 Å². The standard InChI is InChI=1S/C22H15ClF7N3O3/c1-10-8-12(20(24,21(25,26)27)22(28,29)30)6-7-15(10)33(18(35)11(2)9-31)19(36)13-4-3-5-14(23)16(13)17(32)34/h3-8,11H,1-2H3,(H2,32,34). The van der Waals surface area contributed by atoms with Crippen molar-refractivity contribution in [3.8, 4) is 6.07 Å². The lowest BCUT2D eigenvalue weighted by Crippen LogP contribution is -2.50. The van der Waals surface area contributed by atoms with Gasteiger partial charge in [0.15, 0.2) is 0 Å². The van der Waals surface area contributed by atoms with Gasteiger partial charge in [-0.15, -0.1) is 0 Å². The predicted octanol–water partition coefficient (Wildman–Crippen LogP) is 5.37. The Morgan fingerprint density at radius 2 is 1.58 bits per heavy atom. The fourth-order valence-corrected chi connectivity index (χ4v) is 3.53. The summed E-state index contributed by atoms with van der Waals surface area (Å²) in [6.07, 6.45) is -12.8. The van der Waals surface area contributed by atoms with Gasteiger partial charge in [-0.3, -0.25) is 14.4 Å². The van der Waals surface area contributed by atoms with Gasteiger partial charge in [-0.05, 0) is 37.6 Å². The summed E-state index contributed by atoms with van der Waals surface area (Å²) in [7, 11) is 0. The van der Waals surface area contributed by atoms with E-state index in [1.54, 1.807) is 6.07 Å². The lowest BCUT2D eigenvalue weighted by molar-refractivity contribution is -0.348. The molecule has 2 aromatic carbocycles. The Morgan fingerprint density at radius 1 is 1.03 bits per heavy atom. The Labute approximate surface area is 204 Å². The number of alkyl halides is 7. The number of aryl methyl sites for hydroxylation is 1. The average molecular weight is 538 g/mol. The van der Waals surface area contributed by atoms with E-state index in [1.165, 1.54) is 12.1 Å². The molecule has 0 aliphatic rings. The summed E-state index contributed by atoms with van der Waals surface area (Å²) in [6, 6.07) is 5.76. The molecule has 0 fully saturated rings. The molecule has 2 N–H and O–H groups in total. The highest BCUT2D eigenvalue weighted by Crippen LogP contribution is 2.53. The van der Waals surface area contributed by atoms with Gasteiger partial charge in [0.25, 0.3) is 17.7 Å². The lowest BCUT2D eigenvalue weighted by Gasteiger charge is -2.31. The Bertz CT molecular complexity index is 1250. The second-order valence-corrected chi connectivity index (χ2v) is 7.92. The fraction of sp³-hybridized carbons (Fsp3) is 0.273. The zero-order chi connectivity index (χ0) is 27.8. The van der Waals surface area contributed by atoms with Gasteiger partial charge in [0.05, 0.1) is 27.9 Å². The first-order valence-corrected chi connectivity index (χ1v) is 10.1. The van der Waals surface area contributed by atoms with Crippen LogP contribution >= 0.6 is 11.6 Å². The largest absolute Gasteiger partial charge is 0.435 e. The summed E-state index contributed by atoms with van der Waals surface area (Å²) in [5.41, 5.74) is -4.56. The summed E-state index contributed by atoms with van der Waals surface area (Å²) < 4.78 is 93.4. The van der Waals surface area contributed by atoms with Gasteiger partial charge in [0.2, 0.25) is 0 Å². The van der Waals surface area contributed by atoms with Crippen LogP contribution in [0.15, 0.2) is 36.4 Å². The van der Waals surface area contributed by atoms with Crippen molar-refractivity contribution in [3.05, 3.63) is 63.7 Å². The lowest BCUT2D eigenvalue weighted by atomic mass is 9.92. The van der Waals surface area contributed by atoms with Gasteiger partial charge in [-0.25, -0.2) is 9.29 Å². The molecule has 192 valence electrons. The van der Waals surface area contributed by atoms with E-state index in [2.05, 4.69) is 0 Å². The number of imide groups is 1. The Balaban J connectivity index is 2.80. The minimum Gasteiger partial charge on any atom is -0.366 e. The van der Waals surface area contributed by atoms with Crippen LogP contribution in [0.1, 0.15) is 38.8 Å². The molecule has 2 rings (SSSR count). The number of nitriles is 1. The Hall–Kier alpha value is -3.66. The molecule has 0 radical (unpaired) electrons. The van der Waals surface area contributed by atoms with Crippen LogP contribution in [0.5, 0.6) is 0 Å². The van der Waals surface area contributed by atoms with Crippen LogP contribution in [0.4, 0.5) is 36.4 Å². The number of nitrogens with zero attached hydrogens (tertiary/aromatic N) is 2. The zero-order valence-corrected chi connectivity index (χ0v) is 19.0. The molecule has 0 spiro atoms. The highest BCUT2D eigenvalue weighted by Gasteiger charge is 2.73. The first kappa shape index (κ1) is 28.6. The number of nitrogens with two attached hydrogens (primary N) is 1. The van der Waals surface area contributed by atoms with Crippen molar-refractivity contribution < 1.29 is 45.1 Å². The maximum atomic E-state index is 14.5. The van der Waals surface area contributed by atoms with E-state index in [9.17, 15) is 45.1 Å². The van der Waals surface area contributed by atoms with E-state index < -0.39 is 69.6 Å². The summed E-state index contributed by atoms with van der Waals surface area (Å²) in [4.78, 5) is 38.4. The first-order valence-electron chi connectivity index (χ1n) is 9.69. The van der Waals surface area contributed by atoms with Gasteiger partial charge in [0, 0.05) is 5.56 Å². The van der Waals surface area contributed by atoms with E-state index in [0.717, 1.165) is 19.9 Å². The molecule has 0 saturated carbocycles. The highest BCUT2D eigenvalue weighted by atomic mass is 35.5. The molecule has 0 saturated heterocycles. The van der Waals surface area contributed by atoms with Crippen molar-refractivity contribution >= 4 is 35.0 Å². The van der Waals surface area contributed by atoms with Gasteiger partial charge in [-0.1, -0.05) is 29.8 Å². The number of halogens is 8. The van der Waals surface area contributed by atoms with Crippen molar-refractivity contribution in [1.82, 2.24) is 0 Å². The monoisotopic (exact) mass is 537 g/mol.